The Balaban J connectivity index is 0.634. The van der Waals surface area contributed by atoms with Gasteiger partial charge in [-0.1, -0.05) is 0 Å². The average molecular weight is 2270 g/mol. The lowest BCUT2D eigenvalue weighted by Gasteiger charge is -2.29. The lowest BCUT2D eigenvalue weighted by atomic mass is 10.2. The number of hydrogen-bond acceptors (Lipinski definition) is 45. The van der Waals surface area contributed by atoms with Gasteiger partial charge in [0.1, 0.15) is 97.9 Å². The summed E-state index contributed by atoms with van der Waals surface area (Å²) in [6, 6.07) is 0. The van der Waals surface area contributed by atoms with E-state index in [0.29, 0.717) is 5.56 Å². The highest BCUT2D eigenvalue weighted by Gasteiger charge is 2.52. The molecule has 0 spiro atoms. The number of hydrogen-bond donors (Lipinski definition) is 14. The van der Waals surface area contributed by atoms with Gasteiger partial charge in [-0.3, -0.25) is 80.9 Å². The number of aromatic amines is 5. The summed E-state index contributed by atoms with van der Waals surface area (Å²) >= 11 is 38.6. The van der Waals surface area contributed by atoms with E-state index in [9.17, 15) is 87.0 Å². The van der Waals surface area contributed by atoms with E-state index in [1.165, 1.54) is 70.3 Å². The van der Waals surface area contributed by atoms with Crippen molar-refractivity contribution in [2.75, 3.05) is 58.2 Å². The quantitative estimate of drug-likeness (QED) is 0.0222. The SMILES string of the molecule is COP(O)(=S)OC1C[C@H](n2cc(C)c(=O)[nH]c2=O)O[C@@H]1COP(O)(=S)OC1C[C@H](n2cc(C)c(=O)[nH]c2=O)O[C@@H]1COP(O)(=S)OC1C[C@H](n2cc(C)c(=O)[nH]c2=O)O[C@@H]1COP(O)(=S)OC1C[C@H](n2cc(C)c(=O)[nH]c2=O)O[C@@H]1COP(O)(=S)OC1C[C@H](n2cnc3c(N)ncnc32)O[C@@H]1COP(O)(=S)OC1C[C@H](n2cc(C)c(N)nc2=O)O[C@@H]1COP(O)(=S)OC1C[C@H](n2cc(C)c(=O)[nH]c2=O)O[C@@H]1C. The molecule has 780 valence electrons. The van der Waals surface area contributed by atoms with Crippen LogP contribution in [0.2, 0.25) is 0 Å². The first-order valence-electron chi connectivity index (χ1n) is 42.5. The molecule has 0 bridgehead atoms. The maximum Gasteiger partial charge on any atom is 0.351 e. The van der Waals surface area contributed by atoms with E-state index >= 15 is 0 Å². The number of rotatable bonds is 40. The van der Waals surface area contributed by atoms with E-state index < -0.39 is 290 Å². The number of nitrogens with zero attached hydrogens (tertiary/aromatic N) is 11. The zero-order valence-electron chi connectivity index (χ0n) is 75.2. The summed E-state index contributed by atoms with van der Waals surface area (Å²) < 4.78 is 134. The molecule has 71 heteroatoms. The molecule has 0 aromatic carbocycles. The summed E-state index contributed by atoms with van der Waals surface area (Å²) in [6.07, 6.45) is -19.9. The van der Waals surface area contributed by atoms with Crippen LogP contribution in [0.25, 0.3) is 11.2 Å². The number of nitrogens with two attached hydrogens (primary N) is 2. The van der Waals surface area contributed by atoms with Gasteiger partial charge in [-0.2, -0.15) is 4.98 Å². The first kappa shape index (κ1) is 110. The molecule has 57 nitrogen and oxygen atoms in total. The van der Waals surface area contributed by atoms with Crippen LogP contribution in [0, 0.1) is 41.5 Å². The lowest BCUT2D eigenvalue weighted by molar-refractivity contribution is -0.0579. The highest BCUT2D eigenvalue weighted by atomic mass is 32.5. The molecule has 0 radical (unpaired) electrons. The maximum atomic E-state index is 13.6. The highest BCUT2D eigenvalue weighted by molar-refractivity contribution is 8.09. The van der Waals surface area contributed by atoms with Gasteiger partial charge in [-0.05, 0) is 131 Å². The van der Waals surface area contributed by atoms with Gasteiger partial charge in [-0.25, -0.2) is 43.7 Å². The van der Waals surface area contributed by atoms with E-state index in [0.717, 1.165) is 53.2 Å². The van der Waals surface area contributed by atoms with Crippen molar-refractivity contribution in [3.63, 3.8) is 0 Å². The van der Waals surface area contributed by atoms with Crippen LogP contribution in [0.3, 0.4) is 0 Å². The van der Waals surface area contributed by atoms with Gasteiger partial charge in [0, 0.05) is 123 Å². The van der Waals surface area contributed by atoms with Gasteiger partial charge in [-0.15, -0.1) is 0 Å². The minimum atomic E-state index is -4.79. The fourth-order valence-corrected chi connectivity index (χ4v) is 26.0. The Morgan fingerprint density at radius 3 is 0.859 bits per heavy atom. The zero-order chi connectivity index (χ0) is 103. The molecule has 15 heterocycles. The molecule has 0 aliphatic carbocycles. The summed E-state index contributed by atoms with van der Waals surface area (Å²) in [6.45, 7) is -26.2. The van der Waals surface area contributed by atoms with Gasteiger partial charge < -0.3 is 142 Å². The predicted molar refractivity (Wildman–Crippen MR) is 515 cm³/mol. The second-order valence-corrected chi connectivity index (χ2v) is 53.1. The fourth-order valence-electron chi connectivity index (χ4n) is 16.2. The van der Waals surface area contributed by atoms with E-state index in [2.05, 4.69) is 44.9 Å². The molecule has 142 heavy (non-hydrogen) atoms. The second kappa shape index (κ2) is 44.2. The molecule has 14 unspecified atom stereocenters. The molecule has 8 aromatic heterocycles. The van der Waals surface area contributed by atoms with E-state index in [1.807, 2.05) is 0 Å². The predicted octanol–water partition coefficient (Wildman–Crippen LogP) is -0.158. The Hall–Kier alpha value is -6.14. The summed E-state index contributed by atoms with van der Waals surface area (Å²) in [5, 5.41) is 0. The van der Waals surface area contributed by atoms with Gasteiger partial charge in [0.25, 0.3) is 27.8 Å². The van der Waals surface area contributed by atoms with Crippen molar-refractivity contribution in [3.8, 4) is 0 Å². The van der Waals surface area contributed by atoms with Crippen molar-refractivity contribution in [2.45, 2.75) is 222 Å². The third-order valence-corrected chi connectivity index (χ3v) is 34.6. The Morgan fingerprint density at radius 2 is 0.577 bits per heavy atom. The highest BCUT2D eigenvalue weighted by Crippen LogP contribution is 2.59. The van der Waals surface area contributed by atoms with Crippen LogP contribution >= 0.6 is 47.0 Å². The number of fused-ring (bicyclic) bond motifs is 1. The number of ether oxygens (including phenoxy) is 7. The van der Waals surface area contributed by atoms with E-state index in [-0.39, 0.29) is 82.7 Å². The number of H-pyrrole nitrogens is 5. The molecule has 8 aromatic rings. The minimum Gasteiger partial charge on any atom is -0.383 e. The summed E-state index contributed by atoms with van der Waals surface area (Å²) in [5.41, 5.74) is 4.25. The Kier molecular flexibility index (Phi) is 34.2. The first-order valence-corrected chi connectivity index (χ1v) is 60.7. The second-order valence-electron chi connectivity index (χ2n) is 33.4. The van der Waals surface area contributed by atoms with E-state index in [4.69, 9.17) is 191 Å². The van der Waals surface area contributed by atoms with Crippen molar-refractivity contribution < 1.29 is 131 Å². The fraction of sp³-hybridized carbons (Fsp3) is 0.592. The molecule has 0 saturated carbocycles. The molecular weight excluding hydrogens is 2170 g/mol. The molecule has 7 fully saturated rings. The molecule has 16 N–H and O–H groups in total. The smallest absolute Gasteiger partial charge is 0.351 e. The normalized spacial score (nSPS) is 29.9. The summed E-state index contributed by atoms with van der Waals surface area (Å²) in [4.78, 5) is 253. The van der Waals surface area contributed by atoms with Crippen LogP contribution in [-0.2, 0) is 179 Å². The van der Waals surface area contributed by atoms with Crippen LogP contribution in [0.1, 0.15) is 129 Å². The molecule has 7 aliphatic heterocycles. The molecule has 0 amide bonds. The Labute approximate surface area is 833 Å². The maximum absolute atomic E-state index is 13.6. The van der Waals surface area contributed by atoms with Crippen LogP contribution < -0.4 is 73.4 Å². The number of anilines is 2. The summed E-state index contributed by atoms with van der Waals surface area (Å²) in [7, 11) is 1.08. The van der Waals surface area contributed by atoms with Gasteiger partial charge in [0.15, 0.2) is 11.5 Å². The first-order chi connectivity index (χ1) is 66.5. The average Bonchev–Trinajstić information content (AvgIpc) is 1.66. The third kappa shape index (κ3) is 26.5. The van der Waals surface area contributed by atoms with Gasteiger partial charge in [0.05, 0.1) is 94.8 Å². The number of nitrogen functional groups attached to an aromatic ring is 2. The zero-order valence-corrected chi connectivity index (χ0v) is 87.2. The van der Waals surface area contributed by atoms with Crippen molar-refractivity contribution in [1.29, 1.82) is 0 Å². The van der Waals surface area contributed by atoms with Crippen molar-refractivity contribution in [3.05, 3.63) is 198 Å². The van der Waals surface area contributed by atoms with Crippen LogP contribution in [0.4, 0.5) is 11.6 Å². The molecule has 15 rings (SSSR count). The summed E-state index contributed by atoms with van der Waals surface area (Å²) in [5.74, 6) is -0.104. The monoisotopic (exact) mass is 2260 g/mol. The van der Waals surface area contributed by atoms with E-state index in [1.54, 1.807) is 13.8 Å². The molecule has 7 saturated heterocycles. The van der Waals surface area contributed by atoms with Crippen LogP contribution in [0.5, 0.6) is 0 Å². The van der Waals surface area contributed by atoms with Crippen LogP contribution in [-0.4, -0.2) is 243 Å². The topological polar surface area (TPSA) is 740 Å². The number of aromatic nitrogens is 16. The largest absolute Gasteiger partial charge is 0.383 e. The third-order valence-electron chi connectivity index (χ3n) is 23.4. The van der Waals surface area contributed by atoms with Crippen LogP contribution in [0.15, 0.2) is 103 Å². The Bertz CT molecular complexity index is 7230. The van der Waals surface area contributed by atoms with Crippen molar-refractivity contribution >= 4 is 152 Å². The number of imidazole rings is 1. The van der Waals surface area contributed by atoms with Crippen molar-refractivity contribution in [1.82, 2.24) is 76.8 Å². The van der Waals surface area contributed by atoms with Crippen molar-refractivity contribution in [2.24, 2.45) is 0 Å². The molecular formula is C71H95N18O39P7S7. The Morgan fingerprint density at radius 1 is 0.338 bits per heavy atom. The lowest BCUT2D eigenvalue weighted by Crippen LogP contribution is -2.33. The molecule has 28 atom stereocenters. The minimum absolute atomic E-state index is 0.0189. The standard InChI is InChI=1S/C71H95N18O39P7S7/c1-30-16-83(66(95)77-58(30)72)51-11-39(45(117-51)23-109-130(102,137)122-37-9-50(115-36(37)7)84-17-31(2)61(90)78-67(84)96)124-134(106,141)114-27-49-43(15-56(121-49)89-29-76-57-59(73)74-28-75-60(57)89)128-135(107,142)113-26-48-42(14-55(120-48)88-21-35(6)65(94)82-71(88)100)127-133(105,140)112-25-47-41(13-54(119-47)87-20-34(5)64(93)81-70(87)99)126-132(104,139)111-24-46-40(12-53(118-46)86-19-33(4)63(92)80-69(86)98)125-131(103,138)110-22-44-38(123-129(101,136)108-8)10-52(116-44)85-18-32(3)62(91)79-68(85)97/h16-21,28-29,36-56H,9-15,22-27H2,1-8H3,(H,101,136)(H,102,137)(H,103,138)(H,104,139)(H,105,140)(H,106,141)(H,107,142)(H2,72,77,95)(H2,73,74,75)(H,78,90,96)(H,79,91,97)(H,80,92,98)(H,81,93,99)(H,82,94,100)/t36-,37?,38?,39?,40?,41?,42?,43?,44-,45-,46-,47-,48-,49-,50-,51-,52-,53-,54-,55-,56-,129?,130?,131?,132?,133?,134?,135?/m1/s1. The number of aryl methyl sites for hydroxylation is 6. The van der Waals surface area contributed by atoms with Gasteiger partial charge >= 0.3 is 81.2 Å². The van der Waals surface area contributed by atoms with Gasteiger partial charge in [0.2, 0.25) is 0 Å². The molecule has 7 aliphatic rings. The number of nitrogens with one attached hydrogen (secondary N) is 5.